The zero-order valence-electron chi connectivity index (χ0n) is 8.21. The number of β-amino-alcohol motifs (C(OH)–C–C–N with tert-alkyl or cyclic N) is 1. The molecule has 0 radical (unpaired) electrons. The van der Waals surface area contributed by atoms with Crippen molar-refractivity contribution >= 4 is 11.6 Å². The fourth-order valence-corrected chi connectivity index (χ4v) is 2.03. The average molecular weight is 230 g/mol. The lowest BCUT2D eigenvalue weighted by Crippen LogP contribution is -2.49. The van der Waals surface area contributed by atoms with E-state index < -0.39 is 11.8 Å². The van der Waals surface area contributed by atoms with E-state index >= 15 is 0 Å². The monoisotopic (exact) mass is 229 g/mol. The quantitative estimate of drug-likeness (QED) is 0.771. The Labute approximate surface area is 93.1 Å². The highest BCUT2D eigenvalue weighted by molar-refractivity contribution is 6.30. The molecule has 0 unspecified atom stereocenters. The van der Waals surface area contributed by atoms with Gasteiger partial charge >= 0.3 is 0 Å². The molecule has 0 bridgehead atoms. The molecule has 1 aliphatic rings. The summed E-state index contributed by atoms with van der Waals surface area (Å²) in [5.74, 6) is 0. The molecule has 1 aromatic carbocycles. The standard InChI is InChI=1S/C11H13ClFNO/c12-9-3-1-8(2-4-9)11(13)5-6-14-7-10(11)15/h1-4,10,14-15H,5-7H2/t10-,11-/m1/s1. The van der Waals surface area contributed by atoms with E-state index in [4.69, 9.17) is 11.6 Å². The topological polar surface area (TPSA) is 32.3 Å². The number of nitrogens with one attached hydrogen (secondary N) is 1. The zero-order chi connectivity index (χ0) is 10.9. The van der Waals surface area contributed by atoms with E-state index in [2.05, 4.69) is 5.32 Å². The van der Waals surface area contributed by atoms with Gasteiger partial charge in [0, 0.05) is 18.0 Å². The van der Waals surface area contributed by atoms with Crippen molar-refractivity contribution in [3.05, 3.63) is 34.9 Å². The summed E-state index contributed by atoms with van der Waals surface area (Å²) in [7, 11) is 0. The number of halogens is 2. The summed E-state index contributed by atoms with van der Waals surface area (Å²) < 4.78 is 14.5. The molecule has 1 saturated heterocycles. The molecule has 0 spiro atoms. The second-order valence-electron chi connectivity index (χ2n) is 3.84. The van der Waals surface area contributed by atoms with E-state index in [1.165, 1.54) is 0 Å². The Kier molecular flexibility index (Phi) is 2.96. The van der Waals surface area contributed by atoms with Gasteiger partial charge in [-0.2, -0.15) is 0 Å². The largest absolute Gasteiger partial charge is 0.388 e. The first-order valence-corrected chi connectivity index (χ1v) is 5.34. The van der Waals surface area contributed by atoms with Crippen LogP contribution in [0.1, 0.15) is 12.0 Å². The van der Waals surface area contributed by atoms with Crippen LogP contribution in [-0.4, -0.2) is 24.3 Å². The van der Waals surface area contributed by atoms with Gasteiger partial charge in [0.25, 0.3) is 0 Å². The number of aliphatic hydroxyl groups excluding tert-OH is 1. The maximum absolute atomic E-state index is 14.5. The summed E-state index contributed by atoms with van der Waals surface area (Å²) in [6.45, 7) is 0.870. The third-order valence-corrected chi connectivity index (χ3v) is 3.11. The second kappa shape index (κ2) is 4.08. The summed E-state index contributed by atoms with van der Waals surface area (Å²) in [5, 5.41) is 13.2. The molecule has 2 N–H and O–H groups in total. The van der Waals surface area contributed by atoms with Gasteiger partial charge in [0.15, 0.2) is 5.67 Å². The third kappa shape index (κ3) is 2.00. The van der Waals surface area contributed by atoms with Crippen LogP contribution in [-0.2, 0) is 5.67 Å². The van der Waals surface area contributed by atoms with Gasteiger partial charge in [-0.15, -0.1) is 0 Å². The van der Waals surface area contributed by atoms with Crippen LogP contribution < -0.4 is 5.32 Å². The first kappa shape index (κ1) is 10.9. The van der Waals surface area contributed by atoms with Crippen molar-refractivity contribution in [1.82, 2.24) is 5.32 Å². The third-order valence-electron chi connectivity index (χ3n) is 2.86. The van der Waals surface area contributed by atoms with E-state index in [1.54, 1.807) is 24.3 Å². The van der Waals surface area contributed by atoms with Gasteiger partial charge in [0.2, 0.25) is 0 Å². The van der Waals surface area contributed by atoms with Crippen molar-refractivity contribution < 1.29 is 9.50 Å². The van der Waals surface area contributed by atoms with Crippen LogP contribution in [0.15, 0.2) is 24.3 Å². The Morgan fingerprint density at radius 2 is 2.07 bits per heavy atom. The van der Waals surface area contributed by atoms with Crippen LogP contribution in [0.5, 0.6) is 0 Å². The highest BCUT2D eigenvalue weighted by atomic mass is 35.5. The summed E-state index contributed by atoms with van der Waals surface area (Å²) >= 11 is 5.74. The molecule has 1 heterocycles. The molecule has 2 rings (SSSR count). The van der Waals surface area contributed by atoms with Crippen molar-refractivity contribution in [3.63, 3.8) is 0 Å². The number of hydrogen-bond donors (Lipinski definition) is 2. The van der Waals surface area contributed by atoms with Gasteiger partial charge in [-0.3, -0.25) is 0 Å². The molecule has 2 nitrogen and oxygen atoms in total. The Morgan fingerprint density at radius 1 is 1.40 bits per heavy atom. The summed E-state index contributed by atoms with van der Waals surface area (Å²) in [4.78, 5) is 0. The number of hydrogen-bond acceptors (Lipinski definition) is 2. The normalized spacial score (nSPS) is 31.5. The number of aliphatic hydroxyl groups is 1. The smallest absolute Gasteiger partial charge is 0.164 e. The van der Waals surface area contributed by atoms with Crippen LogP contribution in [0.2, 0.25) is 5.02 Å². The van der Waals surface area contributed by atoms with Crippen LogP contribution in [0, 0.1) is 0 Å². The first-order valence-electron chi connectivity index (χ1n) is 4.97. The molecule has 1 aromatic rings. The molecular formula is C11H13ClFNO. The van der Waals surface area contributed by atoms with Crippen molar-refractivity contribution in [3.8, 4) is 0 Å². The molecule has 2 atom stereocenters. The minimum absolute atomic E-state index is 0.287. The van der Waals surface area contributed by atoms with Gasteiger partial charge in [0.05, 0.1) is 0 Å². The summed E-state index contributed by atoms with van der Waals surface area (Å²) in [6, 6.07) is 6.56. The van der Waals surface area contributed by atoms with Gasteiger partial charge in [-0.25, -0.2) is 4.39 Å². The molecule has 15 heavy (non-hydrogen) atoms. The Morgan fingerprint density at radius 3 is 2.67 bits per heavy atom. The lowest BCUT2D eigenvalue weighted by molar-refractivity contribution is -0.0345. The SMILES string of the molecule is O[C@@H]1CNCC[C@@]1(F)c1ccc(Cl)cc1. The van der Waals surface area contributed by atoms with Crippen molar-refractivity contribution in [2.75, 3.05) is 13.1 Å². The Hall–Kier alpha value is -0.640. The minimum Gasteiger partial charge on any atom is -0.388 e. The highest BCUT2D eigenvalue weighted by Gasteiger charge is 2.41. The maximum atomic E-state index is 14.5. The minimum atomic E-state index is -1.64. The van der Waals surface area contributed by atoms with Crippen LogP contribution >= 0.6 is 11.6 Å². The van der Waals surface area contributed by atoms with E-state index in [-0.39, 0.29) is 6.42 Å². The van der Waals surface area contributed by atoms with Crippen molar-refractivity contribution in [2.24, 2.45) is 0 Å². The summed E-state index contributed by atoms with van der Waals surface area (Å²) in [6.07, 6.45) is -0.706. The lowest BCUT2D eigenvalue weighted by atomic mass is 9.85. The molecular weight excluding hydrogens is 217 g/mol. The molecule has 0 amide bonds. The molecule has 0 aromatic heterocycles. The molecule has 0 saturated carbocycles. The number of alkyl halides is 1. The number of benzene rings is 1. The number of piperidine rings is 1. The highest BCUT2D eigenvalue weighted by Crippen LogP contribution is 2.35. The van der Waals surface area contributed by atoms with Gasteiger partial charge < -0.3 is 10.4 Å². The Balaban J connectivity index is 2.30. The van der Waals surface area contributed by atoms with E-state index in [0.29, 0.717) is 23.7 Å². The fourth-order valence-electron chi connectivity index (χ4n) is 1.90. The molecule has 0 aliphatic carbocycles. The average Bonchev–Trinajstić information content (AvgIpc) is 2.23. The molecule has 1 aliphatic heterocycles. The van der Waals surface area contributed by atoms with Gasteiger partial charge in [-0.1, -0.05) is 23.7 Å². The van der Waals surface area contributed by atoms with Gasteiger partial charge in [-0.05, 0) is 24.2 Å². The van der Waals surface area contributed by atoms with Crippen LogP contribution in [0.3, 0.4) is 0 Å². The first-order chi connectivity index (χ1) is 7.13. The predicted octanol–water partition coefficient (Wildman–Crippen LogP) is 1.86. The van der Waals surface area contributed by atoms with E-state index in [1.807, 2.05) is 0 Å². The molecule has 1 fully saturated rings. The predicted molar refractivity (Wildman–Crippen MR) is 57.7 cm³/mol. The van der Waals surface area contributed by atoms with E-state index in [0.717, 1.165) is 0 Å². The van der Waals surface area contributed by atoms with Gasteiger partial charge in [0.1, 0.15) is 6.10 Å². The number of rotatable bonds is 1. The van der Waals surface area contributed by atoms with Crippen molar-refractivity contribution in [1.29, 1.82) is 0 Å². The second-order valence-corrected chi connectivity index (χ2v) is 4.28. The fraction of sp³-hybridized carbons (Fsp3) is 0.455. The molecule has 4 heteroatoms. The summed E-state index contributed by atoms with van der Waals surface area (Å²) in [5.41, 5.74) is -1.14. The van der Waals surface area contributed by atoms with E-state index in [9.17, 15) is 9.50 Å². The van der Waals surface area contributed by atoms with Crippen LogP contribution in [0.25, 0.3) is 0 Å². The van der Waals surface area contributed by atoms with Crippen LogP contribution in [0.4, 0.5) is 4.39 Å². The zero-order valence-corrected chi connectivity index (χ0v) is 8.97. The molecule has 82 valence electrons. The van der Waals surface area contributed by atoms with Crippen molar-refractivity contribution in [2.45, 2.75) is 18.2 Å². The maximum Gasteiger partial charge on any atom is 0.164 e. The lowest BCUT2D eigenvalue weighted by Gasteiger charge is -2.35. The Bertz CT molecular complexity index is 343.